The van der Waals surface area contributed by atoms with Gasteiger partial charge in [-0.25, -0.2) is 0 Å². The summed E-state index contributed by atoms with van der Waals surface area (Å²) in [6.07, 6.45) is 5.43. The first-order valence-electron chi connectivity index (χ1n) is 10.3. The molecule has 2 aliphatic carbocycles. The van der Waals surface area contributed by atoms with Crippen LogP contribution in [0.2, 0.25) is 0 Å². The lowest BCUT2D eigenvalue weighted by Gasteiger charge is -2.29. The Morgan fingerprint density at radius 1 is 0.963 bits per heavy atom. The second-order valence-corrected chi connectivity index (χ2v) is 8.41. The molecule has 2 N–H and O–H groups in total. The Hall–Kier alpha value is -2.29. The number of hydrogen-bond acceptors (Lipinski definition) is 2. The van der Waals surface area contributed by atoms with E-state index in [2.05, 4.69) is 35.8 Å². The van der Waals surface area contributed by atoms with E-state index >= 15 is 0 Å². The summed E-state index contributed by atoms with van der Waals surface area (Å²) in [6.45, 7) is 4.14. The standard InChI is InChI=1S/C24H30N2O/c1-16(22-15-18-12-13-20(22)14-18)26-24(27)17(2)25-23-11-7-6-10-21(23)19-8-4-3-5-9-19/h3-11,16-18,20,22,25H,12-15H2,1-2H3,(H,26,27)/t16-,17-,18-,20-,22-/m0/s1. The molecular weight excluding hydrogens is 332 g/mol. The van der Waals surface area contributed by atoms with Crippen LogP contribution in [0, 0.1) is 17.8 Å². The average Bonchev–Trinajstić information content (AvgIpc) is 3.32. The largest absolute Gasteiger partial charge is 0.373 e. The first kappa shape index (κ1) is 18.1. The molecule has 0 heterocycles. The van der Waals surface area contributed by atoms with E-state index in [9.17, 15) is 4.79 Å². The van der Waals surface area contributed by atoms with E-state index < -0.39 is 0 Å². The first-order chi connectivity index (χ1) is 13.1. The summed E-state index contributed by atoms with van der Waals surface area (Å²) in [6, 6.07) is 18.5. The molecule has 3 nitrogen and oxygen atoms in total. The highest BCUT2D eigenvalue weighted by molar-refractivity contribution is 5.87. The van der Waals surface area contributed by atoms with Gasteiger partial charge in [0.25, 0.3) is 0 Å². The van der Waals surface area contributed by atoms with Crippen LogP contribution in [-0.2, 0) is 4.79 Å². The van der Waals surface area contributed by atoms with Gasteiger partial charge in [0.2, 0.25) is 5.91 Å². The van der Waals surface area contributed by atoms with Crippen molar-refractivity contribution in [3.63, 3.8) is 0 Å². The molecule has 2 saturated carbocycles. The summed E-state index contributed by atoms with van der Waals surface area (Å²) in [7, 11) is 0. The zero-order valence-corrected chi connectivity index (χ0v) is 16.3. The number of benzene rings is 2. The maximum Gasteiger partial charge on any atom is 0.242 e. The lowest BCUT2D eigenvalue weighted by molar-refractivity contribution is -0.122. The summed E-state index contributed by atoms with van der Waals surface area (Å²) in [5.41, 5.74) is 3.28. The molecule has 3 heteroatoms. The Balaban J connectivity index is 1.40. The number of anilines is 1. The topological polar surface area (TPSA) is 41.1 Å². The van der Waals surface area contributed by atoms with Crippen LogP contribution in [0.5, 0.6) is 0 Å². The van der Waals surface area contributed by atoms with Gasteiger partial charge < -0.3 is 10.6 Å². The minimum absolute atomic E-state index is 0.0909. The van der Waals surface area contributed by atoms with Crippen molar-refractivity contribution in [1.29, 1.82) is 0 Å². The van der Waals surface area contributed by atoms with Crippen molar-refractivity contribution in [3.8, 4) is 11.1 Å². The SMILES string of the molecule is C[C@H](Nc1ccccc1-c1ccccc1)C(=O)N[C@@H](C)[C@@H]1C[C@H]2CC[C@H]1C2. The van der Waals surface area contributed by atoms with E-state index in [0.717, 1.165) is 28.7 Å². The maximum atomic E-state index is 12.8. The molecular formula is C24H30N2O. The summed E-state index contributed by atoms with van der Waals surface area (Å²) >= 11 is 0. The number of para-hydroxylation sites is 1. The van der Waals surface area contributed by atoms with Crippen molar-refractivity contribution in [3.05, 3.63) is 54.6 Å². The Kier molecular flexibility index (Phi) is 5.20. The number of hydrogen-bond donors (Lipinski definition) is 2. The lowest BCUT2D eigenvalue weighted by atomic mass is 9.84. The molecule has 0 radical (unpaired) electrons. The van der Waals surface area contributed by atoms with Gasteiger partial charge in [-0.3, -0.25) is 4.79 Å². The third kappa shape index (κ3) is 3.87. The molecule has 2 aliphatic rings. The zero-order valence-electron chi connectivity index (χ0n) is 16.3. The van der Waals surface area contributed by atoms with Gasteiger partial charge in [-0.1, -0.05) is 55.0 Å². The van der Waals surface area contributed by atoms with Crippen LogP contribution in [0.4, 0.5) is 5.69 Å². The number of carbonyl (C=O) groups is 1. The van der Waals surface area contributed by atoms with E-state index in [0.29, 0.717) is 5.92 Å². The molecule has 2 aromatic carbocycles. The first-order valence-corrected chi connectivity index (χ1v) is 10.3. The Morgan fingerprint density at radius 3 is 2.41 bits per heavy atom. The van der Waals surface area contributed by atoms with Gasteiger partial charge in [0.1, 0.15) is 6.04 Å². The van der Waals surface area contributed by atoms with Crippen molar-refractivity contribution in [1.82, 2.24) is 5.32 Å². The molecule has 2 fully saturated rings. The fraction of sp³-hybridized carbons (Fsp3) is 0.458. The number of amides is 1. The van der Waals surface area contributed by atoms with Crippen molar-refractivity contribution < 1.29 is 4.79 Å². The van der Waals surface area contributed by atoms with Crippen LogP contribution in [-0.4, -0.2) is 18.0 Å². The monoisotopic (exact) mass is 362 g/mol. The average molecular weight is 363 g/mol. The van der Waals surface area contributed by atoms with E-state index in [4.69, 9.17) is 0 Å². The molecule has 2 aromatic rings. The van der Waals surface area contributed by atoms with Gasteiger partial charge in [0, 0.05) is 17.3 Å². The Bertz CT molecular complexity index is 788. The second kappa shape index (κ2) is 7.75. The fourth-order valence-corrected chi connectivity index (χ4v) is 5.14. The molecule has 2 bridgehead atoms. The summed E-state index contributed by atoms with van der Waals surface area (Å²) < 4.78 is 0. The van der Waals surface area contributed by atoms with Crippen LogP contribution in [0.25, 0.3) is 11.1 Å². The van der Waals surface area contributed by atoms with Gasteiger partial charge in [0.05, 0.1) is 0 Å². The van der Waals surface area contributed by atoms with Crippen molar-refractivity contribution in [2.45, 2.75) is 51.6 Å². The van der Waals surface area contributed by atoms with Crippen molar-refractivity contribution >= 4 is 11.6 Å². The van der Waals surface area contributed by atoms with Crippen LogP contribution in [0.1, 0.15) is 39.5 Å². The van der Waals surface area contributed by atoms with E-state index in [-0.39, 0.29) is 18.0 Å². The molecule has 1 amide bonds. The minimum Gasteiger partial charge on any atom is -0.373 e. The van der Waals surface area contributed by atoms with Gasteiger partial charge in [-0.2, -0.15) is 0 Å². The van der Waals surface area contributed by atoms with Gasteiger partial charge >= 0.3 is 0 Å². The second-order valence-electron chi connectivity index (χ2n) is 8.41. The lowest BCUT2D eigenvalue weighted by Crippen LogP contribution is -2.46. The molecule has 0 aromatic heterocycles. The highest BCUT2D eigenvalue weighted by Crippen LogP contribution is 2.49. The van der Waals surface area contributed by atoms with Gasteiger partial charge in [-0.15, -0.1) is 0 Å². The summed E-state index contributed by atoms with van der Waals surface area (Å²) in [5.74, 6) is 2.49. The number of carbonyl (C=O) groups excluding carboxylic acids is 1. The van der Waals surface area contributed by atoms with Gasteiger partial charge in [0.15, 0.2) is 0 Å². The number of rotatable bonds is 6. The molecule has 27 heavy (non-hydrogen) atoms. The minimum atomic E-state index is -0.268. The highest BCUT2D eigenvalue weighted by Gasteiger charge is 2.42. The smallest absolute Gasteiger partial charge is 0.242 e. The summed E-state index contributed by atoms with van der Waals surface area (Å²) in [4.78, 5) is 12.8. The molecule has 0 saturated heterocycles. The highest BCUT2D eigenvalue weighted by atomic mass is 16.2. The normalized spacial score (nSPS) is 25.8. The molecule has 0 unspecified atom stereocenters. The van der Waals surface area contributed by atoms with Crippen LogP contribution < -0.4 is 10.6 Å². The molecule has 4 rings (SSSR count). The van der Waals surface area contributed by atoms with Gasteiger partial charge in [-0.05, 0) is 62.5 Å². The Labute approximate surface area is 162 Å². The summed E-state index contributed by atoms with van der Waals surface area (Å²) in [5, 5.41) is 6.71. The van der Waals surface area contributed by atoms with E-state index in [1.54, 1.807) is 0 Å². The van der Waals surface area contributed by atoms with E-state index in [1.165, 1.54) is 25.7 Å². The van der Waals surface area contributed by atoms with E-state index in [1.807, 2.05) is 43.3 Å². The van der Waals surface area contributed by atoms with Crippen molar-refractivity contribution in [2.75, 3.05) is 5.32 Å². The molecule has 0 aliphatic heterocycles. The number of nitrogens with one attached hydrogen (secondary N) is 2. The quantitative estimate of drug-likeness (QED) is 0.751. The zero-order chi connectivity index (χ0) is 18.8. The molecule has 142 valence electrons. The predicted octanol–water partition coefficient (Wildman–Crippen LogP) is 5.09. The van der Waals surface area contributed by atoms with Crippen LogP contribution in [0.15, 0.2) is 54.6 Å². The molecule has 5 atom stereocenters. The van der Waals surface area contributed by atoms with Crippen LogP contribution in [0.3, 0.4) is 0 Å². The van der Waals surface area contributed by atoms with Crippen molar-refractivity contribution in [2.24, 2.45) is 17.8 Å². The maximum absolute atomic E-state index is 12.8. The third-order valence-electron chi connectivity index (χ3n) is 6.58. The predicted molar refractivity (Wildman–Crippen MR) is 112 cm³/mol. The fourth-order valence-electron chi connectivity index (χ4n) is 5.14. The van der Waals surface area contributed by atoms with Crippen LogP contribution >= 0.6 is 0 Å². The third-order valence-corrected chi connectivity index (χ3v) is 6.58. The Morgan fingerprint density at radius 2 is 1.70 bits per heavy atom. The number of fused-ring (bicyclic) bond motifs is 2. The molecule has 0 spiro atoms.